The Balaban J connectivity index is 1.74. The van der Waals surface area contributed by atoms with Crippen LogP contribution in [0.3, 0.4) is 0 Å². The summed E-state index contributed by atoms with van der Waals surface area (Å²) in [6, 6.07) is 11.2. The molecule has 2 aromatic rings. The molecule has 0 saturated carbocycles. The topological polar surface area (TPSA) is 55.6 Å². The van der Waals surface area contributed by atoms with E-state index in [4.69, 9.17) is 10.5 Å². The van der Waals surface area contributed by atoms with E-state index in [1.54, 1.807) is 23.1 Å². The van der Waals surface area contributed by atoms with Crippen molar-refractivity contribution in [1.29, 1.82) is 0 Å². The van der Waals surface area contributed by atoms with Gasteiger partial charge in [0, 0.05) is 24.7 Å². The summed E-state index contributed by atoms with van der Waals surface area (Å²) in [5.74, 6) is 0.239. The Morgan fingerprint density at radius 3 is 2.31 bits per heavy atom. The summed E-state index contributed by atoms with van der Waals surface area (Å²) in [6.07, 6.45) is -2.93. The molecule has 4 nitrogen and oxygen atoms in total. The van der Waals surface area contributed by atoms with Crippen LogP contribution in [0.4, 0.5) is 13.2 Å². The summed E-state index contributed by atoms with van der Waals surface area (Å²) in [5, 5.41) is 0. The van der Waals surface area contributed by atoms with E-state index in [9.17, 15) is 18.0 Å². The number of hydrogen-bond acceptors (Lipinski definition) is 3. The third kappa shape index (κ3) is 4.35. The van der Waals surface area contributed by atoms with E-state index in [-0.39, 0.29) is 17.7 Å². The van der Waals surface area contributed by atoms with Crippen LogP contribution >= 0.6 is 0 Å². The van der Waals surface area contributed by atoms with Crippen LogP contribution in [0.2, 0.25) is 0 Å². The van der Waals surface area contributed by atoms with Gasteiger partial charge in [0.15, 0.2) is 0 Å². The molecular formula is C19H19F3N2O2. The summed E-state index contributed by atoms with van der Waals surface area (Å²) in [7, 11) is 0. The highest BCUT2D eigenvalue weighted by Gasteiger charge is 2.30. The van der Waals surface area contributed by atoms with Crippen LogP contribution in [0.5, 0.6) is 11.5 Å². The number of amides is 1. The smallest absolute Gasteiger partial charge is 0.416 e. The average molecular weight is 364 g/mol. The van der Waals surface area contributed by atoms with Crippen molar-refractivity contribution in [3.63, 3.8) is 0 Å². The number of rotatable bonds is 3. The van der Waals surface area contributed by atoms with Crippen LogP contribution < -0.4 is 10.5 Å². The zero-order chi connectivity index (χ0) is 18.7. The number of likely N-dealkylation sites (tertiary alicyclic amines) is 1. The molecule has 0 radical (unpaired) electrons. The van der Waals surface area contributed by atoms with Crippen molar-refractivity contribution in [3.05, 3.63) is 59.7 Å². The molecule has 26 heavy (non-hydrogen) atoms. The van der Waals surface area contributed by atoms with E-state index >= 15 is 0 Å². The van der Waals surface area contributed by atoms with E-state index in [0.29, 0.717) is 24.4 Å². The lowest BCUT2D eigenvalue weighted by Crippen LogP contribution is -2.42. The van der Waals surface area contributed by atoms with Gasteiger partial charge in [-0.15, -0.1) is 0 Å². The Hall–Kier alpha value is -2.54. The molecule has 0 aromatic heterocycles. The number of hydrogen-bond donors (Lipinski definition) is 1. The molecular weight excluding hydrogens is 345 g/mol. The largest absolute Gasteiger partial charge is 0.457 e. The number of halogens is 3. The SMILES string of the molecule is NC1CCN(C(=O)c2cccc(Oc3cccc(C(F)(F)F)c3)c2)CC1. The van der Waals surface area contributed by atoms with Gasteiger partial charge in [0.05, 0.1) is 5.56 Å². The zero-order valence-electron chi connectivity index (χ0n) is 14.0. The molecule has 0 atom stereocenters. The third-order valence-electron chi connectivity index (χ3n) is 4.30. The summed E-state index contributed by atoms with van der Waals surface area (Å²) < 4.78 is 43.9. The minimum Gasteiger partial charge on any atom is -0.457 e. The number of piperidine rings is 1. The van der Waals surface area contributed by atoms with Gasteiger partial charge in [-0.2, -0.15) is 13.2 Å². The Kier molecular flexibility index (Phi) is 5.18. The summed E-state index contributed by atoms with van der Waals surface area (Å²) in [6.45, 7) is 1.19. The third-order valence-corrected chi connectivity index (χ3v) is 4.30. The summed E-state index contributed by atoms with van der Waals surface area (Å²) >= 11 is 0. The Morgan fingerprint density at radius 1 is 1.04 bits per heavy atom. The normalized spacial score (nSPS) is 15.8. The van der Waals surface area contributed by atoms with Gasteiger partial charge in [0.1, 0.15) is 11.5 Å². The van der Waals surface area contributed by atoms with Gasteiger partial charge in [-0.25, -0.2) is 0 Å². The zero-order valence-corrected chi connectivity index (χ0v) is 14.0. The minimum absolute atomic E-state index is 0.0633. The first-order valence-corrected chi connectivity index (χ1v) is 8.33. The highest BCUT2D eigenvalue weighted by molar-refractivity contribution is 5.94. The standard InChI is InChI=1S/C19H19F3N2O2/c20-19(21,22)14-4-2-6-17(12-14)26-16-5-1-3-13(11-16)18(25)24-9-7-15(23)8-10-24/h1-6,11-12,15H,7-10,23H2. The van der Waals surface area contributed by atoms with Crippen molar-refractivity contribution < 1.29 is 22.7 Å². The van der Waals surface area contributed by atoms with Crippen LogP contribution in [0.15, 0.2) is 48.5 Å². The lowest BCUT2D eigenvalue weighted by molar-refractivity contribution is -0.137. The lowest BCUT2D eigenvalue weighted by atomic mass is 10.0. The number of ether oxygens (including phenoxy) is 1. The van der Waals surface area contributed by atoms with Gasteiger partial charge in [0.2, 0.25) is 0 Å². The fourth-order valence-corrected chi connectivity index (χ4v) is 2.85. The van der Waals surface area contributed by atoms with Crippen LogP contribution in [0, 0.1) is 0 Å². The molecule has 1 fully saturated rings. The van der Waals surface area contributed by atoms with Crippen molar-refractivity contribution in [2.45, 2.75) is 25.1 Å². The fourth-order valence-electron chi connectivity index (χ4n) is 2.85. The Bertz CT molecular complexity index is 784. The van der Waals surface area contributed by atoms with Crippen LogP contribution in [0.1, 0.15) is 28.8 Å². The van der Waals surface area contributed by atoms with E-state index in [2.05, 4.69) is 0 Å². The number of carbonyl (C=O) groups is 1. The maximum atomic E-state index is 12.8. The number of benzene rings is 2. The van der Waals surface area contributed by atoms with Crippen molar-refractivity contribution in [2.75, 3.05) is 13.1 Å². The van der Waals surface area contributed by atoms with Gasteiger partial charge < -0.3 is 15.4 Å². The predicted molar refractivity (Wildman–Crippen MR) is 91.1 cm³/mol. The second-order valence-corrected chi connectivity index (χ2v) is 6.29. The molecule has 0 bridgehead atoms. The number of carbonyl (C=O) groups excluding carboxylic acids is 1. The van der Waals surface area contributed by atoms with Gasteiger partial charge in [0.25, 0.3) is 5.91 Å². The van der Waals surface area contributed by atoms with E-state index in [1.165, 1.54) is 18.2 Å². The first kappa shape index (κ1) is 18.3. The maximum Gasteiger partial charge on any atom is 0.416 e. The molecule has 0 spiro atoms. The van der Waals surface area contributed by atoms with Gasteiger partial charge in [-0.05, 0) is 49.2 Å². The lowest BCUT2D eigenvalue weighted by Gasteiger charge is -2.30. The number of nitrogens with two attached hydrogens (primary N) is 1. The predicted octanol–water partition coefficient (Wildman–Crippen LogP) is 4.06. The van der Waals surface area contributed by atoms with E-state index < -0.39 is 11.7 Å². The summed E-state index contributed by atoms with van der Waals surface area (Å²) in [4.78, 5) is 14.3. The fraction of sp³-hybridized carbons (Fsp3) is 0.316. The first-order chi connectivity index (χ1) is 12.3. The second kappa shape index (κ2) is 7.37. The molecule has 1 aliphatic heterocycles. The van der Waals surface area contributed by atoms with Crippen LogP contribution in [0.25, 0.3) is 0 Å². The van der Waals surface area contributed by atoms with Crippen molar-refractivity contribution in [2.24, 2.45) is 5.73 Å². The molecule has 1 amide bonds. The van der Waals surface area contributed by atoms with Crippen molar-refractivity contribution in [1.82, 2.24) is 4.90 Å². The second-order valence-electron chi connectivity index (χ2n) is 6.29. The van der Waals surface area contributed by atoms with Gasteiger partial charge >= 0.3 is 6.18 Å². The van der Waals surface area contributed by atoms with E-state index in [1.807, 2.05) is 0 Å². The monoisotopic (exact) mass is 364 g/mol. The van der Waals surface area contributed by atoms with Crippen LogP contribution in [-0.2, 0) is 6.18 Å². The maximum absolute atomic E-state index is 12.8. The first-order valence-electron chi connectivity index (χ1n) is 8.33. The molecule has 1 heterocycles. The molecule has 0 unspecified atom stereocenters. The minimum atomic E-state index is -4.44. The van der Waals surface area contributed by atoms with E-state index in [0.717, 1.165) is 25.0 Å². The Morgan fingerprint density at radius 2 is 1.65 bits per heavy atom. The number of nitrogens with zero attached hydrogens (tertiary/aromatic N) is 1. The molecule has 138 valence electrons. The van der Waals surface area contributed by atoms with Crippen LogP contribution in [-0.4, -0.2) is 29.9 Å². The quantitative estimate of drug-likeness (QED) is 0.894. The van der Waals surface area contributed by atoms with Crippen molar-refractivity contribution >= 4 is 5.91 Å². The highest BCUT2D eigenvalue weighted by Crippen LogP contribution is 2.32. The highest BCUT2D eigenvalue weighted by atomic mass is 19.4. The molecule has 1 saturated heterocycles. The molecule has 3 rings (SSSR count). The van der Waals surface area contributed by atoms with Gasteiger partial charge in [-0.3, -0.25) is 4.79 Å². The van der Waals surface area contributed by atoms with Crippen molar-refractivity contribution in [3.8, 4) is 11.5 Å². The average Bonchev–Trinajstić information content (AvgIpc) is 2.61. The Labute approximate surface area is 149 Å². The molecule has 2 N–H and O–H groups in total. The molecule has 2 aromatic carbocycles. The molecule has 7 heteroatoms. The van der Waals surface area contributed by atoms with Gasteiger partial charge in [-0.1, -0.05) is 12.1 Å². The molecule has 1 aliphatic rings. The molecule has 0 aliphatic carbocycles. The number of alkyl halides is 3. The summed E-state index contributed by atoms with van der Waals surface area (Å²) in [5.41, 5.74) is 5.50.